The van der Waals surface area contributed by atoms with E-state index >= 15 is 0 Å². The highest BCUT2D eigenvalue weighted by Gasteiger charge is 2.04. The summed E-state index contributed by atoms with van der Waals surface area (Å²) in [5.41, 5.74) is 0.319. The Balaban J connectivity index is 2.68. The summed E-state index contributed by atoms with van der Waals surface area (Å²) in [5, 5.41) is 6.01. The van der Waals surface area contributed by atoms with Crippen molar-refractivity contribution in [1.82, 2.24) is 10.2 Å². The maximum Gasteiger partial charge on any atom is 0.361 e. The molecule has 0 radical (unpaired) electrons. The van der Waals surface area contributed by atoms with Crippen molar-refractivity contribution in [3.05, 3.63) is 30.8 Å². The number of carbonyl (C=O) groups is 1. The number of esters is 1. The van der Waals surface area contributed by atoms with Crippen LogP contribution >= 0.6 is 0 Å². The van der Waals surface area contributed by atoms with Gasteiger partial charge in [0.05, 0.1) is 6.26 Å². The number of hydrogen-bond donors (Lipinski definition) is 1. The topological polar surface area (TPSA) is 55.0 Å². The summed E-state index contributed by atoms with van der Waals surface area (Å²) in [4.78, 5) is 10.7. The average molecular weight is 138 g/mol. The number of H-pyrrole nitrogens is 1. The SMILES string of the molecule is C=COC(=O)c1ccn[nH]1. The number of nitrogens with one attached hydrogen (secondary N) is 1. The second-order valence-electron chi connectivity index (χ2n) is 1.54. The first kappa shape index (κ1) is 6.54. The third-order valence-electron chi connectivity index (χ3n) is 0.911. The highest BCUT2D eigenvalue weighted by molar-refractivity contribution is 5.87. The van der Waals surface area contributed by atoms with Gasteiger partial charge in [0.25, 0.3) is 0 Å². The van der Waals surface area contributed by atoms with Crippen LogP contribution in [0.4, 0.5) is 0 Å². The number of aromatic amines is 1. The minimum atomic E-state index is -0.479. The molecule has 52 valence electrons. The van der Waals surface area contributed by atoms with Crippen molar-refractivity contribution in [2.24, 2.45) is 0 Å². The monoisotopic (exact) mass is 138 g/mol. The third kappa shape index (κ3) is 1.22. The molecule has 0 aliphatic rings. The van der Waals surface area contributed by atoms with Gasteiger partial charge in [-0.05, 0) is 6.07 Å². The fraction of sp³-hybridized carbons (Fsp3) is 0. The van der Waals surface area contributed by atoms with E-state index in [4.69, 9.17) is 0 Å². The number of ether oxygens (including phenoxy) is 1. The lowest BCUT2D eigenvalue weighted by atomic mass is 10.4. The van der Waals surface area contributed by atoms with Crippen molar-refractivity contribution < 1.29 is 9.53 Å². The second-order valence-corrected chi connectivity index (χ2v) is 1.54. The van der Waals surface area contributed by atoms with E-state index in [1.807, 2.05) is 0 Å². The van der Waals surface area contributed by atoms with Gasteiger partial charge in [-0.15, -0.1) is 0 Å². The summed E-state index contributed by atoms with van der Waals surface area (Å²) in [7, 11) is 0. The Kier molecular flexibility index (Phi) is 1.84. The van der Waals surface area contributed by atoms with E-state index in [1.165, 1.54) is 12.3 Å². The molecular weight excluding hydrogens is 132 g/mol. The van der Waals surface area contributed by atoms with Crippen molar-refractivity contribution in [3.63, 3.8) is 0 Å². The molecule has 0 aliphatic carbocycles. The van der Waals surface area contributed by atoms with Crippen LogP contribution in [-0.4, -0.2) is 16.2 Å². The van der Waals surface area contributed by atoms with Crippen LogP contribution in [0, 0.1) is 0 Å². The zero-order valence-corrected chi connectivity index (χ0v) is 5.20. The Morgan fingerprint density at radius 3 is 3.20 bits per heavy atom. The van der Waals surface area contributed by atoms with Crippen molar-refractivity contribution >= 4 is 5.97 Å². The summed E-state index contributed by atoms with van der Waals surface area (Å²) in [5.74, 6) is -0.479. The smallest absolute Gasteiger partial charge is 0.361 e. The largest absolute Gasteiger partial charge is 0.430 e. The summed E-state index contributed by atoms with van der Waals surface area (Å²) in [6.45, 7) is 3.23. The molecule has 0 saturated heterocycles. The molecule has 0 unspecified atom stereocenters. The third-order valence-corrected chi connectivity index (χ3v) is 0.911. The zero-order chi connectivity index (χ0) is 7.40. The second kappa shape index (κ2) is 2.82. The van der Waals surface area contributed by atoms with Crippen molar-refractivity contribution in [2.45, 2.75) is 0 Å². The van der Waals surface area contributed by atoms with Crippen molar-refractivity contribution in [3.8, 4) is 0 Å². The highest BCUT2D eigenvalue weighted by atomic mass is 16.5. The molecule has 0 amide bonds. The van der Waals surface area contributed by atoms with Crippen LogP contribution in [-0.2, 0) is 4.74 Å². The van der Waals surface area contributed by atoms with Gasteiger partial charge >= 0.3 is 5.97 Å². The van der Waals surface area contributed by atoms with Crippen LogP contribution in [0.5, 0.6) is 0 Å². The summed E-state index contributed by atoms with van der Waals surface area (Å²) in [6, 6.07) is 1.52. The van der Waals surface area contributed by atoms with Crippen LogP contribution in [0.3, 0.4) is 0 Å². The van der Waals surface area contributed by atoms with E-state index in [1.54, 1.807) is 0 Å². The molecule has 0 saturated carbocycles. The molecule has 1 aromatic rings. The standard InChI is InChI=1S/C6H6N2O2/c1-2-10-6(9)5-3-4-7-8-5/h2-4H,1H2,(H,7,8). The fourth-order valence-corrected chi connectivity index (χ4v) is 0.509. The number of hydrogen-bond acceptors (Lipinski definition) is 3. The molecule has 0 aromatic carbocycles. The Bertz CT molecular complexity index is 228. The van der Waals surface area contributed by atoms with Gasteiger partial charge in [0.1, 0.15) is 5.69 Å². The summed E-state index contributed by atoms with van der Waals surface area (Å²) in [6.07, 6.45) is 2.54. The first-order valence-corrected chi connectivity index (χ1v) is 2.66. The molecule has 4 nitrogen and oxygen atoms in total. The van der Waals surface area contributed by atoms with Gasteiger partial charge < -0.3 is 4.74 Å². The van der Waals surface area contributed by atoms with Gasteiger partial charge in [-0.3, -0.25) is 5.10 Å². The van der Waals surface area contributed by atoms with Gasteiger partial charge in [-0.1, -0.05) is 6.58 Å². The van der Waals surface area contributed by atoms with E-state index < -0.39 is 5.97 Å². The van der Waals surface area contributed by atoms with E-state index in [0.717, 1.165) is 6.26 Å². The van der Waals surface area contributed by atoms with Crippen molar-refractivity contribution in [1.29, 1.82) is 0 Å². The number of rotatable bonds is 2. The van der Waals surface area contributed by atoms with Crippen LogP contribution in [0.25, 0.3) is 0 Å². The normalized spacial score (nSPS) is 8.80. The van der Waals surface area contributed by atoms with Gasteiger partial charge in [0.2, 0.25) is 0 Å². The van der Waals surface area contributed by atoms with Crippen LogP contribution in [0.15, 0.2) is 25.1 Å². The van der Waals surface area contributed by atoms with E-state index in [2.05, 4.69) is 21.5 Å². The Labute approximate surface area is 57.5 Å². The minimum Gasteiger partial charge on any atom is -0.430 e. The number of carbonyl (C=O) groups excluding carboxylic acids is 1. The zero-order valence-electron chi connectivity index (χ0n) is 5.20. The molecule has 10 heavy (non-hydrogen) atoms. The molecule has 1 aromatic heterocycles. The quantitative estimate of drug-likeness (QED) is 0.483. The lowest BCUT2D eigenvalue weighted by molar-refractivity contribution is 0.0657. The molecule has 0 aliphatic heterocycles. The molecule has 0 fully saturated rings. The minimum absolute atomic E-state index is 0.319. The van der Waals surface area contributed by atoms with Crippen LogP contribution in [0.1, 0.15) is 10.5 Å². The van der Waals surface area contributed by atoms with Crippen LogP contribution < -0.4 is 0 Å². The maximum atomic E-state index is 10.7. The van der Waals surface area contributed by atoms with E-state index in [9.17, 15) is 4.79 Å². The Hall–Kier alpha value is -1.58. The number of nitrogens with zero attached hydrogens (tertiary/aromatic N) is 1. The number of aromatic nitrogens is 2. The molecule has 1 heterocycles. The highest BCUT2D eigenvalue weighted by Crippen LogP contribution is 1.94. The fourth-order valence-electron chi connectivity index (χ4n) is 0.509. The average Bonchev–Trinajstić information content (AvgIpc) is 2.38. The Morgan fingerprint density at radius 2 is 2.70 bits per heavy atom. The predicted octanol–water partition coefficient (Wildman–Crippen LogP) is 0.710. The van der Waals surface area contributed by atoms with Gasteiger partial charge in [0, 0.05) is 6.20 Å². The van der Waals surface area contributed by atoms with Gasteiger partial charge in [-0.25, -0.2) is 4.79 Å². The lowest BCUT2D eigenvalue weighted by Crippen LogP contribution is -2.00. The van der Waals surface area contributed by atoms with E-state index in [-0.39, 0.29) is 0 Å². The molecule has 0 atom stereocenters. The molecule has 1 rings (SSSR count). The van der Waals surface area contributed by atoms with E-state index in [0.29, 0.717) is 5.69 Å². The first-order chi connectivity index (χ1) is 4.84. The first-order valence-electron chi connectivity index (χ1n) is 2.66. The van der Waals surface area contributed by atoms with Gasteiger partial charge in [-0.2, -0.15) is 5.10 Å². The Morgan fingerprint density at radius 1 is 1.90 bits per heavy atom. The molecule has 0 bridgehead atoms. The summed E-state index contributed by atoms with van der Waals surface area (Å²) < 4.78 is 4.44. The molecular formula is C6H6N2O2. The molecule has 0 spiro atoms. The lowest BCUT2D eigenvalue weighted by Gasteiger charge is -1.91. The summed E-state index contributed by atoms with van der Waals surface area (Å²) >= 11 is 0. The van der Waals surface area contributed by atoms with Crippen LogP contribution in [0.2, 0.25) is 0 Å². The predicted molar refractivity (Wildman–Crippen MR) is 34.2 cm³/mol. The molecule has 1 N–H and O–H groups in total. The maximum absolute atomic E-state index is 10.7. The van der Waals surface area contributed by atoms with Crippen molar-refractivity contribution in [2.75, 3.05) is 0 Å². The van der Waals surface area contributed by atoms with Gasteiger partial charge in [0.15, 0.2) is 0 Å². The molecule has 4 heteroatoms.